The van der Waals surface area contributed by atoms with Crippen molar-refractivity contribution in [2.24, 2.45) is 4.99 Å². The predicted molar refractivity (Wildman–Crippen MR) is 85.0 cm³/mol. The van der Waals surface area contributed by atoms with E-state index in [0.717, 1.165) is 12.8 Å². The topological polar surface area (TPSA) is 89.0 Å². The van der Waals surface area contributed by atoms with Gasteiger partial charge in [-0.25, -0.2) is 18.1 Å². The van der Waals surface area contributed by atoms with E-state index in [4.69, 9.17) is 9.47 Å². The van der Waals surface area contributed by atoms with Crippen LogP contribution in [0.25, 0.3) is 0 Å². The summed E-state index contributed by atoms with van der Waals surface area (Å²) in [5.74, 6) is 0.739. The summed E-state index contributed by atoms with van der Waals surface area (Å²) in [7, 11) is -2.08. The molecule has 1 aromatic rings. The van der Waals surface area contributed by atoms with Gasteiger partial charge < -0.3 is 14.8 Å². The number of fused-ring (bicyclic) bond motifs is 1. The van der Waals surface area contributed by atoms with Gasteiger partial charge in [-0.15, -0.1) is 0 Å². The Bertz CT molecular complexity index is 643. The summed E-state index contributed by atoms with van der Waals surface area (Å²) in [5, 5.41) is 2.95. The van der Waals surface area contributed by atoms with E-state index < -0.39 is 10.0 Å². The largest absolute Gasteiger partial charge is 0.494 e. The minimum atomic E-state index is -3.65. The molecule has 0 aromatic heterocycles. The molecule has 0 aliphatic carbocycles. The van der Waals surface area contributed by atoms with Crippen molar-refractivity contribution in [3.63, 3.8) is 0 Å². The SMILES string of the molecule is CCCCOc1ccc2c(c1)S(=O)(=O)NC(=NCCOC)N2. The second-order valence-corrected chi connectivity index (χ2v) is 6.46. The van der Waals surface area contributed by atoms with Crippen molar-refractivity contribution >= 4 is 21.7 Å². The van der Waals surface area contributed by atoms with E-state index in [1.54, 1.807) is 19.2 Å². The number of unbranched alkanes of at least 4 members (excludes halogenated alkanes) is 1. The second kappa shape index (κ2) is 7.46. The third-order valence-corrected chi connectivity index (χ3v) is 4.44. The summed E-state index contributed by atoms with van der Waals surface area (Å²) in [5.41, 5.74) is 0.484. The van der Waals surface area contributed by atoms with Gasteiger partial charge in [0.1, 0.15) is 10.6 Å². The molecular formula is C14H21N3O4S. The third-order valence-electron chi connectivity index (χ3n) is 3.06. The Labute approximate surface area is 130 Å². The average Bonchev–Trinajstić information content (AvgIpc) is 2.48. The molecule has 2 N–H and O–H groups in total. The molecule has 122 valence electrons. The minimum Gasteiger partial charge on any atom is -0.494 e. The molecule has 0 unspecified atom stereocenters. The monoisotopic (exact) mass is 327 g/mol. The van der Waals surface area contributed by atoms with Crippen LogP contribution < -0.4 is 14.8 Å². The van der Waals surface area contributed by atoms with Gasteiger partial charge in [-0.05, 0) is 18.6 Å². The highest BCUT2D eigenvalue weighted by Gasteiger charge is 2.27. The highest BCUT2D eigenvalue weighted by atomic mass is 32.2. The molecule has 1 aromatic carbocycles. The number of hydrogen-bond donors (Lipinski definition) is 2. The number of ether oxygens (including phenoxy) is 2. The van der Waals surface area contributed by atoms with Crippen molar-refractivity contribution in [1.29, 1.82) is 0 Å². The number of aliphatic imine (C=N–C) groups is 1. The van der Waals surface area contributed by atoms with Crippen LogP contribution in [0.5, 0.6) is 5.75 Å². The highest BCUT2D eigenvalue weighted by Crippen LogP contribution is 2.29. The number of nitrogens with zero attached hydrogens (tertiary/aromatic N) is 1. The molecule has 1 aliphatic heterocycles. The Morgan fingerprint density at radius 3 is 2.82 bits per heavy atom. The first-order chi connectivity index (χ1) is 10.6. The molecule has 2 rings (SSSR count). The van der Waals surface area contributed by atoms with Crippen LogP contribution in [0, 0.1) is 0 Å². The van der Waals surface area contributed by atoms with Gasteiger partial charge in [-0.1, -0.05) is 13.3 Å². The molecule has 0 saturated carbocycles. The van der Waals surface area contributed by atoms with Crippen LogP contribution >= 0.6 is 0 Å². The van der Waals surface area contributed by atoms with Gasteiger partial charge >= 0.3 is 0 Å². The van der Waals surface area contributed by atoms with Crippen LogP contribution in [0.3, 0.4) is 0 Å². The van der Waals surface area contributed by atoms with Crippen LogP contribution in [0.15, 0.2) is 28.1 Å². The molecule has 7 nitrogen and oxygen atoms in total. The smallest absolute Gasteiger partial charge is 0.266 e. The quantitative estimate of drug-likeness (QED) is 0.742. The molecule has 0 saturated heterocycles. The summed E-state index contributed by atoms with van der Waals surface area (Å²) in [4.78, 5) is 4.27. The molecule has 0 atom stereocenters. The lowest BCUT2D eigenvalue weighted by atomic mass is 10.3. The van der Waals surface area contributed by atoms with E-state index in [-0.39, 0.29) is 10.9 Å². The molecule has 1 aliphatic rings. The fraction of sp³-hybridized carbons (Fsp3) is 0.500. The van der Waals surface area contributed by atoms with E-state index >= 15 is 0 Å². The third kappa shape index (κ3) is 4.11. The number of anilines is 1. The van der Waals surface area contributed by atoms with Gasteiger partial charge in [0.25, 0.3) is 10.0 Å². The maximum atomic E-state index is 12.3. The molecule has 0 spiro atoms. The standard InChI is InChI=1S/C14H21N3O4S/c1-3-4-8-21-11-5-6-12-13(10-11)22(18,19)17-14(16-12)15-7-9-20-2/h5-6,10H,3-4,7-9H2,1-2H3,(H2,15,16,17). The zero-order valence-corrected chi connectivity index (χ0v) is 13.6. The zero-order chi connectivity index (χ0) is 16.0. The number of methoxy groups -OCH3 is 1. The first-order valence-corrected chi connectivity index (χ1v) is 8.65. The summed E-state index contributed by atoms with van der Waals surface area (Å²) in [6.07, 6.45) is 1.95. The summed E-state index contributed by atoms with van der Waals surface area (Å²) >= 11 is 0. The van der Waals surface area contributed by atoms with Crippen molar-refractivity contribution in [3.8, 4) is 5.75 Å². The lowest BCUT2D eigenvalue weighted by Crippen LogP contribution is -2.41. The molecule has 22 heavy (non-hydrogen) atoms. The fourth-order valence-electron chi connectivity index (χ4n) is 1.91. The van der Waals surface area contributed by atoms with Crippen LogP contribution in [-0.2, 0) is 14.8 Å². The number of guanidine groups is 1. The van der Waals surface area contributed by atoms with Crippen molar-refractivity contribution in [3.05, 3.63) is 18.2 Å². The van der Waals surface area contributed by atoms with Crippen molar-refractivity contribution in [1.82, 2.24) is 4.72 Å². The Kier molecular flexibility index (Phi) is 5.62. The molecule has 0 bridgehead atoms. The van der Waals surface area contributed by atoms with E-state index in [9.17, 15) is 8.42 Å². The average molecular weight is 327 g/mol. The fourth-order valence-corrected chi connectivity index (χ4v) is 3.07. The summed E-state index contributed by atoms with van der Waals surface area (Å²) in [6.45, 7) is 3.43. The van der Waals surface area contributed by atoms with Gasteiger partial charge in [-0.2, -0.15) is 0 Å². The van der Waals surface area contributed by atoms with Crippen molar-refractivity contribution < 1.29 is 17.9 Å². The van der Waals surface area contributed by atoms with E-state index in [2.05, 4.69) is 22.0 Å². The van der Waals surface area contributed by atoms with Gasteiger partial charge in [0, 0.05) is 13.2 Å². The maximum Gasteiger partial charge on any atom is 0.266 e. The van der Waals surface area contributed by atoms with Crippen LogP contribution in [0.4, 0.5) is 5.69 Å². The van der Waals surface area contributed by atoms with Crippen LogP contribution in [0.1, 0.15) is 19.8 Å². The van der Waals surface area contributed by atoms with Crippen molar-refractivity contribution in [2.45, 2.75) is 24.7 Å². The Balaban J connectivity index is 2.18. The van der Waals surface area contributed by atoms with Crippen molar-refractivity contribution in [2.75, 3.05) is 32.2 Å². The second-order valence-electron chi connectivity index (χ2n) is 4.81. The maximum absolute atomic E-state index is 12.3. The number of hydrogen-bond acceptors (Lipinski definition) is 5. The number of sulfonamides is 1. The Morgan fingerprint density at radius 2 is 2.09 bits per heavy atom. The molecule has 0 fully saturated rings. The summed E-state index contributed by atoms with van der Waals surface area (Å²) < 4.78 is 37.4. The normalized spacial score (nSPS) is 17.5. The van der Waals surface area contributed by atoms with Crippen LogP contribution in [0.2, 0.25) is 0 Å². The summed E-state index contributed by atoms with van der Waals surface area (Å²) in [6, 6.07) is 4.95. The zero-order valence-electron chi connectivity index (χ0n) is 12.8. The van der Waals surface area contributed by atoms with E-state index in [1.807, 2.05) is 0 Å². The number of rotatable bonds is 7. The molecular weight excluding hydrogens is 306 g/mol. The molecule has 1 heterocycles. The molecule has 0 radical (unpaired) electrons. The van der Waals surface area contributed by atoms with E-state index in [1.165, 1.54) is 6.07 Å². The Hall–Kier alpha value is -1.80. The lowest BCUT2D eigenvalue weighted by Gasteiger charge is -2.22. The van der Waals surface area contributed by atoms with Gasteiger partial charge in [0.2, 0.25) is 5.96 Å². The first kappa shape index (κ1) is 16.6. The Morgan fingerprint density at radius 1 is 1.27 bits per heavy atom. The first-order valence-electron chi connectivity index (χ1n) is 7.17. The number of benzene rings is 1. The van der Waals surface area contributed by atoms with Crippen LogP contribution in [-0.4, -0.2) is 41.2 Å². The number of nitrogens with one attached hydrogen (secondary N) is 2. The highest BCUT2D eigenvalue weighted by molar-refractivity contribution is 7.90. The van der Waals surface area contributed by atoms with Gasteiger partial charge in [0.05, 0.1) is 25.4 Å². The van der Waals surface area contributed by atoms with Gasteiger partial charge in [0.15, 0.2) is 0 Å². The van der Waals surface area contributed by atoms with Gasteiger partial charge in [-0.3, -0.25) is 0 Å². The predicted octanol–water partition coefficient (Wildman–Crippen LogP) is 1.57. The lowest BCUT2D eigenvalue weighted by molar-refractivity contribution is 0.208. The van der Waals surface area contributed by atoms with E-state index in [0.29, 0.717) is 31.2 Å². The molecule has 8 heteroatoms. The minimum absolute atomic E-state index is 0.159. The molecule has 0 amide bonds.